The highest BCUT2D eigenvalue weighted by Crippen LogP contribution is 2.36. The third kappa shape index (κ3) is 5.84. The van der Waals surface area contributed by atoms with Gasteiger partial charge >= 0.3 is 6.18 Å². The molecule has 7 heteroatoms. The second-order valence-electron chi connectivity index (χ2n) is 6.56. The summed E-state index contributed by atoms with van der Waals surface area (Å²) in [6.45, 7) is 6.77. The van der Waals surface area contributed by atoms with Gasteiger partial charge in [0.1, 0.15) is 5.56 Å². The Bertz CT molecular complexity index is 733. The maximum Gasteiger partial charge on any atom is 0.423 e. The molecule has 1 heterocycles. The molecule has 0 unspecified atom stereocenters. The molecule has 0 atom stereocenters. The number of unbranched alkanes of at least 4 members (excludes halogenated alkanes) is 3. The zero-order valence-corrected chi connectivity index (χ0v) is 16.7. The number of anilines is 2. The lowest BCUT2D eigenvalue weighted by molar-refractivity contribution is -0.139. The van der Waals surface area contributed by atoms with Crippen molar-refractivity contribution in [1.82, 2.24) is 9.97 Å². The first-order chi connectivity index (χ1) is 13.4. The summed E-state index contributed by atoms with van der Waals surface area (Å²) in [5.41, 5.74) is 1.07. The quantitative estimate of drug-likeness (QED) is 0.451. The number of ether oxygens (including phenoxy) is 1. The summed E-state index contributed by atoms with van der Waals surface area (Å²) >= 11 is 0. The van der Waals surface area contributed by atoms with E-state index in [9.17, 15) is 13.2 Å². The van der Waals surface area contributed by atoms with Crippen LogP contribution in [-0.4, -0.2) is 23.1 Å². The van der Waals surface area contributed by atoms with E-state index in [-0.39, 0.29) is 12.6 Å². The minimum absolute atomic E-state index is 0.198. The molecular formula is C21H28F3N3O. The summed E-state index contributed by atoms with van der Waals surface area (Å²) in [5.74, 6) is -0.207. The topological polar surface area (TPSA) is 38.2 Å². The predicted octanol–water partition coefficient (Wildman–Crippen LogP) is 6.17. The summed E-state index contributed by atoms with van der Waals surface area (Å²) in [6.07, 6.45) is 0.861. The van der Waals surface area contributed by atoms with Crippen molar-refractivity contribution >= 4 is 11.6 Å². The smallest absolute Gasteiger partial charge is 0.423 e. The largest absolute Gasteiger partial charge is 0.477 e. The van der Waals surface area contributed by atoms with E-state index in [1.165, 1.54) is 5.56 Å². The fourth-order valence-electron chi connectivity index (χ4n) is 2.84. The number of alkyl halides is 3. The zero-order valence-electron chi connectivity index (χ0n) is 16.7. The molecule has 28 heavy (non-hydrogen) atoms. The van der Waals surface area contributed by atoms with Crippen molar-refractivity contribution in [2.24, 2.45) is 0 Å². The van der Waals surface area contributed by atoms with Crippen LogP contribution >= 0.6 is 0 Å². The Kier molecular flexibility index (Phi) is 8.08. The number of nitrogens with zero attached hydrogens (tertiary/aromatic N) is 3. The molecular weight excluding hydrogens is 367 g/mol. The van der Waals surface area contributed by atoms with Gasteiger partial charge in [-0.3, -0.25) is 0 Å². The van der Waals surface area contributed by atoms with E-state index in [2.05, 4.69) is 23.8 Å². The highest BCUT2D eigenvalue weighted by Gasteiger charge is 2.36. The lowest BCUT2D eigenvalue weighted by atomic mass is 10.1. The normalized spacial score (nSPS) is 11.5. The van der Waals surface area contributed by atoms with Gasteiger partial charge in [-0.2, -0.15) is 18.2 Å². The average Bonchev–Trinajstić information content (AvgIpc) is 2.68. The van der Waals surface area contributed by atoms with Crippen LogP contribution in [0.4, 0.5) is 24.8 Å². The van der Waals surface area contributed by atoms with E-state index in [0.29, 0.717) is 13.0 Å². The number of rotatable bonds is 10. The maximum atomic E-state index is 13.3. The maximum absolute atomic E-state index is 13.3. The van der Waals surface area contributed by atoms with E-state index >= 15 is 0 Å². The van der Waals surface area contributed by atoms with Gasteiger partial charge in [-0.15, -0.1) is 0 Å². The van der Waals surface area contributed by atoms with Crippen molar-refractivity contribution in [1.29, 1.82) is 0 Å². The first-order valence-corrected chi connectivity index (χ1v) is 9.84. The molecule has 0 aliphatic carbocycles. The van der Waals surface area contributed by atoms with E-state index in [1.807, 2.05) is 31.2 Å². The van der Waals surface area contributed by atoms with E-state index in [4.69, 9.17) is 4.74 Å². The van der Waals surface area contributed by atoms with E-state index in [0.717, 1.165) is 37.6 Å². The van der Waals surface area contributed by atoms with Crippen molar-refractivity contribution in [3.05, 3.63) is 41.6 Å². The molecule has 1 aromatic heterocycles. The average molecular weight is 395 g/mol. The van der Waals surface area contributed by atoms with Gasteiger partial charge in [-0.05, 0) is 37.5 Å². The monoisotopic (exact) mass is 395 g/mol. The van der Waals surface area contributed by atoms with Gasteiger partial charge in [0.15, 0.2) is 0 Å². The molecule has 0 aliphatic heterocycles. The van der Waals surface area contributed by atoms with Gasteiger partial charge in [0, 0.05) is 18.4 Å². The Morgan fingerprint density at radius 1 is 1.00 bits per heavy atom. The van der Waals surface area contributed by atoms with Crippen LogP contribution in [0.25, 0.3) is 0 Å². The number of hydrogen-bond acceptors (Lipinski definition) is 4. The molecule has 1 aromatic carbocycles. The van der Waals surface area contributed by atoms with Crippen LogP contribution in [0.1, 0.15) is 57.6 Å². The number of aryl methyl sites for hydroxylation is 1. The standard InChI is InChI=1S/C21H28F3N3O/c1-4-7-8-9-14-28-19-18(21(22,23)24)15-25-20(26-19)27(6-3)17-12-10-16(5-2)11-13-17/h10-13,15H,4-9,14H2,1-3H3. The van der Waals surface area contributed by atoms with Gasteiger partial charge in [0.25, 0.3) is 0 Å². The van der Waals surface area contributed by atoms with Crippen molar-refractivity contribution in [3.8, 4) is 5.88 Å². The van der Waals surface area contributed by atoms with Crippen molar-refractivity contribution in [2.75, 3.05) is 18.1 Å². The molecule has 154 valence electrons. The predicted molar refractivity (Wildman–Crippen MR) is 105 cm³/mol. The number of hydrogen-bond donors (Lipinski definition) is 0. The van der Waals surface area contributed by atoms with Crippen molar-refractivity contribution < 1.29 is 17.9 Å². The Balaban J connectivity index is 2.28. The molecule has 0 radical (unpaired) electrons. The first-order valence-electron chi connectivity index (χ1n) is 9.84. The van der Waals surface area contributed by atoms with Gasteiger partial charge in [0.05, 0.1) is 6.61 Å². The molecule has 0 bridgehead atoms. The van der Waals surface area contributed by atoms with Gasteiger partial charge in [-0.25, -0.2) is 4.98 Å². The Morgan fingerprint density at radius 2 is 1.71 bits per heavy atom. The summed E-state index contributed by atoms with van der Waals surface area (Å²) in [6, 6.07) is 7.84. The zero-order chi connectivity index (χ0) is 20.6. The van der Waals surface area contributed by atoms with Gasteiger partial charge in [0.2, 0.25) is 11.8 Å². The molecule has 0 saturated heterocycles. The lowest BCUT2D eigenvalue weighted by Crippen LogP contribution is -2.21. The lowest BCUT2D eigenvalue weighted by Gasteiger charge is -2.22. The summed E-state index contributed by atoms with van der Waals surface area (Å²) in [7, 11) is 0. The number of aromatic nitrogens is 2. The highest BCUT2D eigenvalue weighted by atomic mass is 19.4. The second kappa shape index (κ2) is 10.3. The van der Waals surface area contributed by atoms with Crippen LogP contribution in [0.2, 0.25) is 0 Å². The summed E-state index contributed by atoms with van der Waals surface area (Å²) < 4.78 is 45.4. The van der Waals surface area contributed by atoms with Crippen molar-refractivity contribution in [3.63, 3.8) is 0 Å². The molecule has 0 N–H and O–H groups in total. The van der Waals surface area contributed by atoms with E-state index in [1.54, 1.807) is 4.90 Å². The SMILES string of the molecule is CCCCCCOc1nc(N(CC)c2ccc(CC)cc2)ncc1C(F)(F)F. The second-order valence-corrected chi connectivity index (χ2v) is 6.56. The Hall–Kier alpha value is -2.31. The fraction of sp³-hybridized carbons (Fsp3) is 0.524. The minimum Gasteiger partial charge on any atom is -0.477 e. The molecule has 2 rings (SSSR count). The van der Waals surface area contributed by atoms with Crippen LogP contribution in [0.15, 0.2) is 30.5 Å². The highest BCUT2D eigenvalue weighted by molar-refractivity contribution is 5.58. The van der Waals surface area contributed by atoms with Crippen LogP contribution in [-0.2, 0) is 12.6 Å². The van der Waals surface area contributed by atoms with Crippen LogP contribution in [0, 0.1) is 0 Å². The van der Waals surface area contributed by atoms with Crippen LogP contribution in [0.3, 0.4) is 0 Å². The molecule has 0 fully saturated rings. The molecule has 0 aliphatic rings. The number of halogens is 3. The van der Waals surface area contributed by atoms with Gasteiger partial charge in [-0.1, -0.05) is 45.2 Å². The van der Waals surface area contributed by atoms with E-state index < -0.39 is 17.6 Å². The Labute approximate surface area is 164 Å². The molecule has 0 amide bonds. The molecule has 2 aromatic rings. The summed E-state index contributed by atoms with van der Waals surface area (Å²) in [5, 5.41) is 0. The molecule has 4 nitrogen and oxygen atoms in total. The van der Waals surface area contributed by atoms with Crippen molar-refractivity contribution in [2.45, 2.75) is 59.1 Å². The molecule has 0 spiro atoms. The Morgan fingerprint density at radius 3 is 2.29 bits per heavy atom. The molecule has 0 saturated carbocycles. The number of benzene rings is 1. The minimum atomic E-state index is -4.56. The third-order valence-corrected chi connectivity index (χ3v) is 4.50. The first kappa shape index (κ1) is 22.0. The summed E-state index contributed by atoms with van der Waals surface area (Å²) in [4.78, 5) is 9.86. The van der Waals surface area contributed by atoms with Gasteiger partial charge < -0.3 is 9.64 Å². The van der Waals surface area contributed by atoms with Crippen LogP contribution in [0.5, 0.6) is 5.88 Å². The fourth-order valence-corrected chi connectivity index (χ4v) is 2.84. The third-order valence-electron chi connectivity index (χ3n) is 4.50. The van der Waals surface area contributed by atoms with Crippen LogP contribution < -0.4 is 9.64 Å².